The molecule has 3 aliphatic rings. The van der Waals surface area contributed by atoms with E-state index in [9.17, 15) is 53.1 Å². The van der Waals surface area contributed by atoms with E-state index in [0.29, 0.717) is 64.3 Å². The minimum Gasteiger partial charge on any atom is -0.496 e. The number of amides is 6. The summed E-state index contributed by atoms with van der Waals surface area (Å²) in [5.74, 6) is -4.42. The van der Waals surface area contributed by atoms with Gasteiger partial charge in [0.05, 0.1) is 46.7 Å². The first-order valence-electron chi connectivity index (χ1n) is 39.6. The maximum absolute atomic E-state index is 14.1. The first-order valence-corrected chi connectivity index (χ1v) is 39.6. The number of unbranched alkanes of at least 4 members (excludes halogenated alkanes) is 6. The average molecular weight is 1730 g/mol. The Hall–Kier alpha value is -12.9. The number of alkyl carbamates (subject to hydrolysis) is 2. The highest BCUT2D eigenvalue weighted by atomic mass is 35.5. The Morgan fingerprint density at radius 2 is 0.992 bits per heavy atom. The smallest absolute Gasteiger partial charge is 0.496 e. The number of hydrogen-bond acceptors (Lipinski definition) is 29. The highest BCUT2D eigenvalue weighted by Gasteiger charge is 2.35. The topological polar surface area (TPSA) is 491 Å². The van der Waals surface area contributed by atoms with Gasteiger partial charge in [-0.15, -0.1) is 12.4 Å². The number of hydrogen-bond donors (Lipinski definition) is 10. The van der Waals surface area contributed by atoms with Crippen molar-refractivity contribution in [2.45, 2.75) is 156 Å². The van der Waals surface area contributed by atoms with Gasteiger partial charge >= 0.3 is 36.4 Å². The average Bonchev–Trinajstić information content (AvgIpc) is 1.72. The third-order valence-electron chi connectivity index (χ3n) is 18.3. The molecule has 0 bridgehead atoms. The van der Waals surface area contributed by atoms with Crippen LogP contribution in [0.1, 0.15) is 210 Å². The second-order valence-corrected chi connectivity index (χ2v) is 28.5. The summed E-state index contributed by atoms with van der Waals surface area (Å²) in [6.45, 7) is 19.4. The van der Waals surface area contributed by atoms with Crippen LogP contribution in [0.25, 0.3) is 34.4 Å². The van der Waals surface area contributed by atoms with Crippen LogP contribution in [0.2, 0.25) is 0 Å². The van der Waals surface area contributed by atoms with Gasteiger partial charge in [0.2, 0.25) is 12.6 Å². The highest BCUT2D eigenvalue weighted by Crippen LogP contribution is 2.38. The molecule has 9 rings (SSSR count). The molecule has 4 aromatic carbocycles. The van der Waals surface area contributed by atoms with Crippen molar-refractivity contribution in [2.24, 2.45) is 11.8 Å². The molecule has 10 N–H and O–H groups in total. The lowest BCUT2D eigenvalue weighted by Gasteiger charge is -2.19. The molecular weight excluding hydrogens is 1620 g/mol. The second kappa shape index (κ2) is 49.8. The van der Waals surface area contributed by atoms with Gasteiger partial charge in [0.15, 0.2) is 17.2 Å². The molecule has 1 saturated heterocycles. The number of aromatic nitrogens is 2. The van der Waals surface area contributed by atoms with Crippen LogP contribution in [0.5, 0.6) is 11.5 Å². The van der Waals surface area contributed by atoms with Crippen molar-refractivity contribution in [3.05, 3.63) is 166 Å². The standard InChI is InChI=1S/C44H53N5O12.C41H49N5O12.C2H3N.ClH/c1-7-9-10-11-20-56-42(53)49-38(45)29-14-16-30(17-15-29)47-39(50)34-21-28(8-2)36(55-6)22-33(34)32-18-19-35(40(51)46-23-27-12-13-27)48-37(32)41(52)59-26(3)60-43(54)57-24-31-25-58-44(4,5)61-31;1-5-7-8-9-18-55-40(52)46-36(42)27-12-14-28(15-13-27)44-37(49)32-19-26(6-2)34(54-4)20-31(32)30-16-17-33(38(50)43-21-25-10-11-25)45-35(30)39(51)57-24(3)58-41(53)56-23-29(48)22-47;1-2-3;/h8,14-19,21-22,26-27,31H,2,7,9-13,20,23-25H2,1,3-6H3,(H,46,51)(H,47,50)(H2,45,49,53);6,12-17,19-20,24-25,29,47-48H,2,5,7-11,18,21-23H2,1,3-4H3,(H,43,50)(H,44,49)(H2,42,46,52);1H3;1H. The Labute approximate surface area is 718 Å². The number of esters is 2. The van der Waals surface area contributed by atoms with Crippen LogP contribution in [-0.2, 0) is 47.4 Å². The van der Waals surface area contributed by atoms with Crippen LogP contribution in [0.15, 0.2) is 110 Å². The number of nitrogens with one attached hydrogen (secondary N) is 8. The minimum atomic E-state index is -1.55. The van der Waals surface area contributed by atoms with Gasteiger partial charge in [0, 0.05) is 101 Å². The number of ether oxygens (including phenoxy) is 12. The quantitative estimate of drug-likeness (QED) is 0.00428. The summed E-state index contributed by atoms with van der Waals surface area (Å²) < 4.78 is 63.4. The van der Waals surface area contributed by atoms with E-state index in [4.69, 9.17) is 78.0 Å². The zero-order valence-electron chi connectivity index (χ0n) is 70.0. The number of rotatable bonds is 39. The summed E-state index contributed by atoms with van der Waals surface area (Å²) in [6, 6.07) is 25.8. The number of methoxy groups -OCH3 is 2. The number of nitrogens with zero attached hydrogens (tertiary/aromatic N) is 3. The number of nitriles is 1. The van der Waals surface area contributed by atoms with Gasteiger partial charge in [-0.2, -0.15) is 5.26 Å². The van der Waals surface area contributed by atoms with Gasteiger partial charge in [-0.1, -0.05) is 77.7 Å². The van der Waals surface area contributed by atoms with E-state index in [1.807, 2.05) is 0 Å². The Morgan fingerprint density at radius 1 is 0.585 bits per heavy atom. The number of aliphatic hydroxyl groups excluding tert-OH is 2. The molecule has 4 unspecified atom stereocenters. The summed E-state index contributed by atoms with van der Waals surface area (Å²) in [7, 11) is 2.84. The molecule has 6 aromatic rings. The van der Waals surface area contributed by atoms with Crippen LogP contribution in [-0.4, -0.2) is 189 Å². The number of carbonyl (C=O) groups is 10. The lowest BCUT2D eigenvalue weighted by atomic mass is 9.94. The molecular formula is C87H106ClN11O24. The van der Waals surface area contributed by atoms with E-state index in [0.717, 1.165) is 77.0 Å². The molecule has 2 saturated carbocycles. The number of anilines is 2. The summed E-state index contributed by atoms with van der Waals surface area (Å²) in [4.78, 5) is 140. The molecule has 2 aliphatic carbocycles. The monoisotopic (exact) mass is 1720 g/mol. The normalized spacial score (nSPS) is 14.0. The highest BCUT2D eigenvalue weighted by molar-refractivity contribution is 6.13. The fourth-order valence-corrected chi connectivity index (χ4v) is 11.6. The van der Waals surface area contributed by atoms with Gasteiger partial charge in [0.25, 0.3) is 23.6 Å². The van der Waals surface area contributed by atoms with Gasteiger partial charge < -0.3 is 88.3 Å². The number of amidine groups is 2. The van der Waals surface area contributed by atoms with Crippen LogP contribution in [0.4, 0.5) is 30.6 Å². The van der Waals surface area contributed by atoms with E-state index in [1.54, 1.807) is 44.2 Å². The Morgan fingerprint density at radius 3 is 1.35 bits per heavy atom. The van der Waals surface area contributed by atoms with E-state index in [2.05, 4.69) is 68.9 Å². The molecule has 0 radical (unpaired) electrons. The van der Waals surface area contributed by atoms with E-state index >= 15 is 0 Å². The maximum atomic E-state index is 14.1. The van der Waals surface area contributed by atoms with Crippen molar-refractivity contribution in [1.29, 1.82) is 16.1 Å². The number of carbonyl (C=O) groups excluding carboxylic acids is 10. The number of halogens is 1. The van der Waals surface area contributed by atoms with Gasteiger partial charge in [0.1, 0.15) is 60.0 Å². The molecule has 1 aliphatic heterocycles. The lowest BCUT2D eigenvalue weighted by Crippen LogP contribution is -2.31. The Bertz CT molecular complexity index is 4760. The summed E-state index contributed by atoms with van der Waals surface area (Å²) in [5.41, 5.74) is 1.85. The van der Waals surface area contributed by atoms with Gasteiger partial charge in [-0.3, -0.25) is 40.6 Å². The molecule has 0 spiro atoms. The predicted molar refractivity (Wildman–Crippen MR) is 454 cm³/mol. The van der Waals surface area contributed by atoms with Crippen LogP contribution >= 0.6 is 12.4 Å². The third kappa shape index (κ3) is 31.9. The predicted octanol–water partition coefficient (Wildman–Crippen LogP) is 13.6. The first kappa shape index (κ1) is 98.9. The van der Waals surface area contributed by atoms with Gasteiger partial charge in [-0.05, 0) is 161 Å². The van der Waals surface area contributed by atoms with Crippen LogP contribution in [0, 0.1) is 34.0 Å². The van der Waals surface area contributed by atoms with E-state index in [-0.39, 0.29) is 107 Å². The molecule has 35 nitrogen and oxygen atoms in total. The van der Waals surface area contributed by atoms with Gasteiger partial charge in [-0.25, -0.2) is 38.7 Å². The van der Waals surface area contributed by atoms with E-state index < -0.39 is 110 Å². The fourth-order valence-electron chi connectivity index (χ4n) is 11.6. The summed E-state index contributed by atoms with van der Waals surface area (Å²) in [5, 5.41) is 58.3. The molecule has 123 heavy (non-hydrogen) atoms. The van der Waals surface area contributed by atoms with Crippen molar-refractivity contribution in [3.63, 3.8) is 0 Å². The Kier molecular flexibility index (Phi) is 40.0. The summed E-state index contributed by atoms with van der Waals surface area (Å²) >= 11 is 0. The molecule has 2 aromatic heterocycles. The molecule has 3 heterocycles. The lowest BCUT2D eigenvalue weighted by molar-refractivity contribution is -0.145. The molecule has 660 valence electrons. The Balaban J connectivity index is 0.000000366. The van der Waals surface area contributed by atoms with Crippen molar-refractivity contribution in [2.75, 3.05) is 77.6 Å². The first-order chi connectivity index (χ1) is 58.5. The van der Waals surface area contributed by atoms with Crippen molar-refractivity contribution in [1.82, 2.24) is 31.2 Å². The van der Waals surface area contributed by atoms with Crippen LogP contribution in [0.3, 0.4) is 0 Å². The van der Waals surface area contributed by atoms with Crippen molar-refractivity contribution >= 4 is 108 Å². The molecule has 3 fully saturated rings. The number of pyridine rings is 2. The maximum Gasteiger partial charge on any atom is 0.511 e. The largest absolute Gasteiger partial charge is 0.511 e. The van der Waals surface area contributed by atoms with Crippen LogP contribution < -0.4 is 41.4 Å². The third-order valence-corrected chi connectivity index (χ3v) is 18.3. The second-order valence-electron chi connectivity index (χ2n) is 28.5. The van der Waals surface area contributed by atoms with E-state index in [1.165, 1.54) is 120 Å². The molecule has 4 atom stereocenters. The number of benzene rings is 4. The zero-order valence-corrected chi connectivity index (χ0v) is 70.9. The number of aliphatic hydroxyl groups is 2. The van der Waals surface area contributed by atoms with Crippen molar-refractivity contribution in [3.8, 4) is 39.8 Å². The SMILES string of the molecule is C=Cc1cc(C(=O)Nc2ccc(C(=N)NC(=O)OCCCCCC)cc2)c(-c2ccc(C(=O)NCC3CC3)nc2C(=O)OC(C)OC(=O)OCC(O)CO)cc1OC.C=Cc1cc(C(=O)Nc2ccc(C(=N)NC(=O)OCCCCCC)cc2)c(-c2ccc(C(=O)NCC3CC3)nc2C(=O)OC(C)OC(=O)OCC2COC(C)(C)O2)cc1OC.CC#N.Cl. The fraction of sp³-hybridized carbons (Fsp3) is 0.414. The molecule has 6 amide bonds. The minimum absolute atomic E-state index is 0. The molecule has 36 heteroatoms. The zero-order chi connectivity index (χ0) is 89.0. The van der Waals surface area contributed by atoms with Crippen molar-refractivity contribution < 1.29 is 115 Å². The summed E-state index contributed by atoms with van der Waals surface area (Å²) in [6.07, 6.45) is 5.68.